The predicted octanol–water partition coefficient (Wildman–Crippen LogP) is 3.82. The second-order valence-electron chi connectivity index (χ2n) is 8.37. The van der Waals surface area contributed by atoms with Crippen LogP contribution < -0.4 is 10.5 Å². The molecule has 4 aromatic rings. The zero-order valence-electron chi connectivity index (χ0n) is 18.3. The van der Waals surface area contributed by atoms with Crippen LogP contribution >= 0.6 is 0 Å². The van der Waals surface area contributed by atoms with Crippen LogP contribution in [0.4, 0.5) is 18.9 Å². The number of carbonyl (C=O) groups excluding carboxylic acids is 1. The van der Waals surface area contributed by atoms with Crippen LogP contribution in [0, 0.1) is 6.92 Å². The summed E-state index contributed by atoms with van der Waals surface area (Å²) in [6.07, 6.45) is -3.00. The third kappa shape index (κ3) is 4.00. The van der Waals surface area contributed by atoms with Crippen molar-refractivity contribution < 1.29 is 22.4 Å². The van der Waals surface area contributed by atoms with Crippen LogP contribution in [0.1, 0.15) is 11.1 Å². The first kappa shape index (κ1) is 22.0. The van der Waals surface area contributed by atoms with Crippen molar-refractivity contribution in [3.63, 3.8) is 0 Å². The predicted molar refractivity (Wildman–Crippen MR) is 121 cm³/mol. The Morgan fingerprint density at radius 1 is 1.06 bits per heavy atom. The molecule has 0 atom stereocenters. The minimum absolute atomic E-state index is 0.0560. The van der Waals surface area contributed by atoms with Crippen molar-refractivity contribution in [2.24, 2.45) is 0 Å². The van der Waals surface area contributed by atoms with Crippen molar-refractivity contribution >= 4 is 33.5 Å². The van der Waals surface area contributed by atoms with Crippen LogP contribution in [0.5, 0.6) is 0 Å². The van der Waals surface area contributed by atoms with Gasteiger partial charge in [-0.3, -0.25) is 9.48 Å². The summed E-state index contributed by atoms with van der Waals surface area (Å²) < 4.78 is 46.0. The molecule has 1 amide bonds. The molecule has 34 heavy (non-hydrogen) atoms. The average Bonchev–Trinajstić information content (AvgIpc) is 3.24. The Hall–Kier alpha value is -3.82. The van der Waals surface area contributed by atoms with Crippen LogP contribution in [0.2, 0.25) is 0 Å². The molecule has 3 heterocycles. The van der Waals surface area contributed by atoms with Crippen molar-refractivity contribution in [2.75, 3.05) is 31.1 Å². The van der Waals surface area contributed by atoms with Crippen LogP contribution in [0.15, 0.2) is 57.9 Å². The number of anilines is 1. The van der Waals surface area contributed by atoms with E-state index in [0.29, 0.717) is 53.7 Å². The zero-order valence-corrected chi connectivity index (χ0v) is 18.3. The van der Waals surface area contributed by atoms with E-state index in [1.807, 2.05) is 24.0 Å². The van der Waals surface area contributed by atoms with Crippen LogP contribution in [-0.2, 0) is 17.5 Å². The molecule has 0 N–H and O–H groups in total. The summed E-state index contributed by atoms with van der Waals surface area (Å²) in [6.45, 7) is 3.44. The molecule has 0 unspecified atom stereocenters. The largest absolute Gasteiger partial charge is 0.422 e. The quantitative estimate of drug-likeness (QED) is 0.426. The van der Waals surface area contributed by atoms with Gasteiger partial charge >= 0.3 is 11.8 Å². The Morgan fingerprint density at radius 2 is 1.82 bits per heavy atom. The number of hydrogen-bond acceptors (Lipinski definition) is 5. The highest BCUT2D eigenvalue weighted by Crippen LogP contribution is 2.32. The maximum Gasteiger partial charge on any atom is 0.416 e. The van der Waals surface area contributed by atoms with Gasteiger partial charge in [0, 0.05) is 37.3 Å². The highest BCUT2D eigenvalue weighted by Gasteiger charge is 2.31. The Balaban J connectivity index is 1.33. The number of carbonyl (C=O) groups is 1. The summed E-state index contributed by atoms with van der Waals surface area (Å²) in [5, 5.41) is 5.27. The molecule has 1 aliphatic heterocycles. The fraction of sp³-hybridized carbons (Fsp3) is 0.292. The van der Waals surface area contributed by atoms with Gasteiger partial charge in [-0.2, -0.15) is 18.3 Å². The number of nitrogens with zero attached hydrogens (tertiary/aromatic N) is 4. The number of aromatic nitrogens is 2. The highest BCUT2D eigenvalue weighted by molar-refractivity contribution is 6.02. The number of amides is 1. The van der Waals surface area contributed by atoms with Gasteiger partial charge in [0.2, 0.25) is 5.91 Å². The topological polar surface area (TPSA) is 71.6 Å². The molecular weight excluding hydrogens is 449 g/mol. The molecule has 1 saturated heterocycles. The van der Waals surface area contributed by atoms with Gasteiger partial charge in [-0.15, -0.1) is 0 Å². The summed E-state index contributed by atoms with van der Waals surface area (Å²) >= 11 is 0. The van der Waals surface area contributed by atoms with Gasteiger partial charge in [0.15, 0.2) is 0 Å². The number of piperazine rings is 1. The van der Waals surface area contributed by atoms with E-state index in [4.69, 9.17) is 4.42 Å². The third-order valence-corrected chi connectivity index (χ3v) is 6.11. The Bertz CT molecular complexity index is 1450. The fourth-order valence-electron chi connectivity index (χ4n) is 4.33. The van der Waals surface area contributed by atoms with Crippen LogP contribution in [0.3, 0.4) is 0 Å². The number of alkyl halides is 3. The first-order valence-electron chi connectivity index (χ1n) is 10.8. The van der Waals surface area contributed by atoms with E-state index in [-0.39, 0.29) is 12.5 Å². The van der Waals surface area contributed by atoms with Gasteiger partial charge in [0.25, 0.3) is 0 Å². The summed E-state index contributed by atoms with van der Waals surface area (Å²) in [5.41, 5.74) is 1.22. The molecule has 176 valence electrons. The van der Waals surface area contributed by atoms with Gasteiger partial charge < -0.3 is 14.2 Å². The molecule has 0 spiro atoms. The number of hydrogen-bond donors (Lipinski definition) is 0. The van der Waals surface area contributed by atoms with Gasteiger partial charge in [-0.1, -0.05) is 17.7 Å². The molecule has 0 saturated carbocycles. The van der Waals surface area contributed by atoms with E-state index >= 15 is 0 Å². The maximum absolute atomic E-state index is 13.0. The Kier molecular flexibility index (Phi) is 5.30. The van der Waals surface area contributed by atoms with Crippen molar-refractivity contribution in [1.29, 1.82) is 0 Å². The molecule has 1 fully saturated rings. The number of benzene rings is 2. The molecular formula is C24H21F3N4O3. The summed E-state index contributed by atoms with van der Waals surface area (Å²) in [5.74, 6) is -0.178. The molecule has 5 rings (SSSR count). The molecule has 0 aliphatic carbocycles. The third-order valence-electron chi connectivity index (χ3n) is 6.11. The molecule has 10 heteroatoms. The van der Waals surface area contributed by atoms with Gasteiger partial charge in [0.05, 0.1) is 17.3 Å². The lowest BCUT2D eigenvalue weighted by Crippen LogP contribution is -2.49. The van der Waals surface area contributed by atoms with Crippen molar-refractivity contribution in [3.8, 4) is 0 Å². The number of halogens is 3. The Labute approximate surface area is 192 Å². The van der Waals surface area contributed by atoms with E-state index < -0.39 is 17.4 Å². The van der Waals surface area contributed by atoms with Crippen LogP contribution in [-0.4, -0.2) is 46.8 Å². The van der Waals surface area contributed by atoms with Crippen molar-refractivity contribution in [1.82, 2.24) is 14.7 Å². The second kappa shape index (κ2) is 8.19. The van der Waals surface area contributed by atoms with Crippen molar-refractivity contribution in [2.45, 2.75) is 19.6 Å². The van der Waals surface area contributed by atoms with E-state index in [2.05, 4.69) is 5.10 Å². The molecule has 0 radical (unpaired) electrons. The number of fused-ring (bicyclic) bond motifs is 3. The average molecular weight is 470 g/mol. The second-order valence-corrected chi connectivity index (χ2v) is 8.37. The van der Waals surface area contributed by atoms with Gasteiger partial charge in [0.1, 0.15) is 17.5 Å². The summed E-state index contributed by atoms with van der Waals surface area (Å²) in [4.78, 5) is 28.9. The lowest BCUT2D eigenvalue weighted by molar-refractivity contribution is -0.137. The van der Waals surface area contributed by atoms with Gasteiger partial charge in [-0.25, -0.2) is 4.79 Å². The lowest BCUT2D eigenvalue weighted by atomic mass is 10.1. The SMILES string of the molecule is Cc1ccc2oc(=O)c3cnn(CC(=O)N4CCN(c5cccc(C(F)(F)F)c5)CC4)c3c2c1. The smallest absolute Gasteiger partial charge is 0.416 e. The minimum Gasteiger partial charge on any atom is -0.422 e. The molecule has 2 aromatic carbocycles. The molecule has 0 bridgehead atoms. The molecule has 2 aromatic heterocycles. The first-order valence-corrected chi connectivity index (χ1v) is 10.8. The zero-order chi connectivity index (χ0) is 24.0. The van der Waals surface area contributed by atoms with E-state index in [1.54, 1.807) is 17.0 Å². The number of aryl methyl sites for hydroxylation is 1. The van der Waals surface area contributed by atoms with E-state index in [1.165, 1.54) is 16.9 Å². The normalized spacial score (nSPS) is 14.8. The van der Waals surface area contributed by atoms with E-state index in [9.17, 15) is 22.8 Å². The highest BCUT2D eigenvalue weighted by atomic mass is 19.4. The van der Waals surface area contributed by atoms with Crippen molar-refractivity contribution in [3.05, 3.63) is 70.2 Å². The molecule has 7 nitrogen and oxygen atoms in total. The first-order chi connectivity index (χ1) is 16.2. The van der Waals surface area contributed by atoms with E-state index in [0.717, 1.165) is 17.7 Å². The fourth-order valence-corrected chi connectivity index (χ4v) is 4.33. The van der Waals surface area contributed by atoms with Crippen LogP contribution in [0.25, 0.3) is 21.9 Å². The maximum atomic E-state index is 13.0. The molecule has 1 aliphatic rings. The standard InChI is InChI=1S/C24H21F3N4O3/c1-15-5-6-20-18(11-15)22-19(23(33)34-20)13-28-31(22)14-21(32)30-9-7-29(8-10-30)17-4-2-3-16(12-17)24(25,26)27/h2-6,11-13H,7-10,14H2,1H3. The lowest BCUT2D eigenvalue weighted by Gasteiger charge is -2.36. The summed E-state index contributed by atoms with van der Waals surface area (Å²) in [7, 11) is 0. The number of rotatable bonds is 3. The van der Waals surface area contributed by atoms with Gasteiger partial charge in [-0.05, 0) is 37.3 Å². The Morgan fingerprint density at radius 3 is 2.56 bits per heavy atom. The summed E-state index contributed by atoms with van der Waals surface area (Å²) in [6, 6.07) is 10.7. The minimum atomic E-state index is -4.40. The monoisotopic (exact) mass is 470 g/mol.